The van der Waals surface area contributed by atoms with Crippen molar-refractivity contribution in [3.63, 3.8) is 0 Å². The van der Waals surface area contributed by atoms with Gasteiger partial charge in [-0.25, -0.2) is 0 Å². The summed E-state index contributed by atoms with van der Waals surface area (Å²) in [6.45, 7) is 1.19. The second-order valence-electron chi connectivity index (χ2n) is 3.57. The van der Waals surface area contributed by atoms with Crippen molar-refractivity contribution in [3.05, 3.63) is 42.2 Å². The maximum atomic E-state index is 12.2. The molecule has 0 amide bonds. The first-order valence-corrected chi connectivity index (χ1v) is 7.04. The molecule has 2 rings (SSSR count). The van der Waals surface area contributed by atoms with E-state index in [4.69, 9.17) is 4.74 Å². The highest BCUT2D eigenvalue weighted by atomic mass is 127. The number of benzene rings is 1. The Kier molecular flexibility index (Phi) is 3.85. The number of hydrogen-bond acceptors (Lipinski definition) is 4. The number of fused-ring (bicyclic) bond motifs is 1. The molecule has 1 aromatic rings. The molecule has 0 bridgehead atoms. The molecule has 0 spiro atoms. The van der Waals surface area contributed by atoms with Crippen LogP contribution in [0.1, 0.15) is 27.6 Å². The molecule has 6 heteroatoms. The van der Waals surface area contributed by atoms with Gasteiger partial charge in [-0.15, -0.1) is 0 Å². The Hall–Kier alpha value is -0.770. The largest absolute Gasteiger partial charge is 0.422 e. The lowest BCUT2D eigenvalue weighted by molar-refractivity contribution is -0.136. The van der Waals surface area contributed by atoms with Crippen molar-refractivity contribution in [1.82, 2.24) is 0 Å². The lowest BCUT2D eigenvalue weighted by atomic mass is 9.94. The lowest BCUT2D eigenvalue weighted by Crippen LogP contribution is -2.22. The van der Waals surface area contributed by atoms with Crippen molar-refractivity contribution in [1.29, 1.82) is 0 Å². The number of ether oxygens (including phenoxy) is 1. The van der Waals surface area contributed by atoms with Crippen LogP contribution in [0.4, 0.5) is 0 Å². The number of carbonyl (C=O) groups excluding carboxylic acids is 3. The van der Waals surface area contributed by atoms with Gasteiger partial charge in [-0.2, -0.15) is 0 Å². The van der Waals surface area contributed by atoms with Crippen LogP contribution in [0.2, 0.25) is 0 Å². The van der Waals surface area contributed by atoms with E-state index in [9.17, 15) is 14.4 Å². The zero-order valence-electron chi connectivity index (χ0n) is 9.12. The number of allylic oxidation sites excluding steroid dienone is 2. The monoisotopic (exact) mass is 468 g/mol. The fraction of sp³-hybridized carbons (Fsp3) is 0.0833. The molecule has 1 aliphatic rings. The molecule has 1 aromatic carbocycles. The van der Waals surface area contributed by atoms with Gasteiger partial charge >= 0.3 is 5.97 Å². The number of Topliss-reactive ketones (excluding diaryl/α,β-unsaturated/α-hetero) is 1. The number of ketones is 2. The highest BCUT2D eigenvalue weighted by molar-refractivity contribution is 14.1. The van der Waals surface area contributed by atoms with Crippen LogP contribution >= 0.6 is 45.2 Å². The summed E-state index contributed by atoms with van der Waals surface area (Å²) >= 11 is 3.99. The Bertz CT molecular complexity index is 617. The van der Waals surface area contributed by atoms with Crippen molar-refractivity contribution in [2.24, 2.45) is 0 Å². The molecule has 4 nitrogen and oxygen atoms in total. The highest BCUT2D eigenvalue weighted by Gasteiger charge is 2.31. The van der Waals surface area contributed by atoms with E-state index in [1.54, 1.807) is 12.1 Å². The lowest BCUT2D eigenvalue weighted by Gasteiger charge is -2.16. The smallest absolute Gasteiger partial charge is 0.308 e. The molecule has 0 N–H and O–H groups in total. The van der Waals surface area contributed by atoms with Crippen LogP contribution in [0.5, 0.6) is 0 Å². The topological polar surface area (TPSA) is 60.4 Å². The van der Waals surface area contributed by atoms with E-state index < -0.39 is 11.8 Å². The normalized spacial score (nSPS) is 14.1. The van der Waals surface area contributed by atoms with Crippen LogP contribution in [0.3, 0.4) is 0 Å². The molecule has 0 saturated carbocycles. The van der Waals surface area contributed by atoms with Gasteiger partial charge in [0.2, 0.25) is 5.78 Å². The zero-order valence-corrected chi connectivity index (χ0v) is 13.4. The summed E-state index contributed by atoms with van der Waals surface area (Å²) in [5.41, 5.74) is 0.689. The van der Waals surface area contributed by atoms with Crippen LogP contribution in [0.15, 0.2) is 24.0 Å². The predicted octanol–water partition coefficient (Wildman–Crippen LogP) is 2.72. The van der Waals surface area contributed by atoms with Gasteiger partial charge < -0.3 is 4.74 Å². The minimum atomic E-state index is -0.619. The minimum Gasteiger partial charge on any atom is -0.422 e. The fourth-order valence-corrected chi connectivity index (χ4v) is 3.04. The van der Waals surface area contributed by atoms with Gasteiger partial charge in [0.15, 0.2) is 11.5 Å². The SMILES string of the molecule is CC(=O)OC1=CC(=O)c2c(I)ccc(I)c2C1=O. The summed E-state index contributed by atoms with van der Waals surface area (Å²) in [6.07, 6.45) is 1.07. The van der Waals surface area contributed by atoms with E-state index >= 15 is 0 Å². The second-order valence-corrected chi connectivity index (χ2v) is 5.90. The minimum absolute atomic E-state index is 0.208. The first-order valence-electron chi connectivity index (χ1n) is 4.89. The summed E-state index contributed by atoms with van der Waals surface area (Å²) in [5.74, 6) is -1.57. The Morgan fingerprint density at radius 2 is 1.67 bits per heavy atom. The number of hydrogen-bond donors (Lipinski definition) is 0. The van der Waals surface area contributed by atoms with Crippen molar-refractivity contribution in [2.75, 3.05) is 0 Å². The molecule has 0 fully saturated rings. The van der Waals surface area contributed by atoms with E-state index in [0.717, 1.165) is 6.08 Å². The molecular weight excluding hydrogens is 462 g/mol. The van der Waals surface area contributed by atoms with E-state index in [0.29, 0.717) is 18.3 Å². The van der Waals surface area contributed by atoms with Crippen molar-refractivity contribution < 1.29 is 19.1 Å². The Labute approximate surface area is 130 Å². The van der Waals surface area contributed by atoms with Crippen molar-refractivity contribution in [2.45, 2.75) is 6.92 Å². The van der Waals surface area contributed by atoms with E-state index in [1.165, 1.54) is 6.92 Å². The zero-order chi connectivity index (χ0) is 13.4. The van der Waals surface area contributed by atoms with E-state index in [1.807, 2.05) is 45.2 Å². The molecule has 0 unspecified atom stereocenters. The third-order valence-electron chi connectivity index (χ3n) is 2.32. The van der Waals surface area contributed by atoms with Crippen LogP contribution in [-0.4, -0.2) is 17.5 Å². The maximum absolute atomic E-state index is 12.2. The Morgan fingerprint density at radius 1 is 1.11 bits per heavy atom. The molecule has 0 atom stereocenters. The van der Waals surface area contributed by atoms with Crippen molar-refractivity contribution >= 4 is 62.7 Å². The van der Waals surface area contributed by atoms with Gasteiger partial charge in [0, 0.05) is 25.7 Å². The number of esters is 1. The summed E-state index contributed by atoms with van der Waals surface area (Å²) in [5, 5.41) is 0. The summed E-state index contributed by atoms with van der Waals surface area (Å²) in [6, 6.07) is 3.53. The summed E-state index contributed by atoms with van der Waals surface area (Å²) < 4.78 is 6.15. The fourth-order valence-electron chi connectivity index (χ4n) is 1.63. The van der Waals surface area contributed by atoms with E-state index in [2.05, 4.69) is 0 Å². The number of halogens is 2. The first-order chi connectivity index (χ1) is 8.41. The van der Waals surface area contributed by atoms with Gasteiger partial charge in [-0.1, -0.05) is 0 Å². The standard InChI is InChI=1S/C12H6I2O4/c1-5(15)18-9-4-8(16)10-6(13)2-3-7(14)11(10)12(9)17/h2-4H,1H3. The molecule has 0 aliphatic heterocycles. The van der Waals surface area contributed by atoms with Crippen LogP contribution in [-0.2, 0) is 9.53 Å². The molecule has 1 aliphatic carbocycles. The average molecular weight is 468 g/mol. The molecule has 0 heterocycles. The summed E-state index contributed by atoms with van der Waals surface area (Å²) in [4.78, 5) is 35.0. The summed E-state index contributed by atoms with van der Waals surface area (Å²) in [7, 11) is 0. The quantitative estimate of drug-likeness (QED) is 0.470. The Balaban J connectivity index is 2.62. The van der Waals surface area contributed by atoms with Gasteiger partial charge in [0.25, 0.3) is 0 Å². The van der Waals surface area contributed by atoms with Crippen molar-refractivity contribution in [3.8, 4) is 0 Å². The molecule has 0 aromatic heterocycles. The second kappa shape index (κ2) is 5.08. The van der Waals surface area contributed by atoms with Gasteiger partial charge in [-0.3, -0.25) is 14.4 Å². The molecular formula is C12H6I2O4. The maximum Gasteiger partial charge on any atom is 0.308 e. The van der Waals surface area contributed by atoms with Gasteiger partial charge in [0.1, 0.15) is 0 Å². The van der Waals surface area contributed by atoms with Gasteiger partial charge in [-0.05, 0) is 57.3 Å². The predicted molar refractivity (Wildman–Crippen MR) is 80.4 cm³/mol. The third kappa shape index (κ3) is 2.35. The van der Waals surface area contributed by atoms with Crippen LogP contribution < -0.4 is 0 Å². The van der Waals surface area contributed by atoms with Crippen LogP contribution in [0, 0.1) is 7.14 Å². The Morgan fingerprint density at radius 3 is 2.22 bits per heavy atom. The first kappa shape index (κ1) is 13.7. The van der Waals surface area contributed by atoms with Crippen LogP contribution in [0.25, 0.3) is 0 Å². The van der Waals surface area contributed by atoms with Gasteiger partial charge in [0.05, 0.1) is 5.56 Å². The van der Waals surface area contributed by atoms with E-state index in [-0.39, 0.29) is 11.5 Å². The highest BCUT2D eigenvalue weighted by Crippen LogP contribution is 2.29. The number of rotatable bonds is 1. The average Bonchev–Trinajstić information content (AvgIpc) is 2.28. The third-order valence-corrected chi connectivity index (χ3v) is 4.11. The molecule has 92 valence electrons. The molecule has 0 radical (unpaired) electrons. The molecule has 0 saturated heterocycles. The number of carbonyl (C=O) groups is 3. The molecule has 18 heavy (non-hydrogen) atoms.